The predicted molar refractivity (Wildman–Crippen MR) is 86.8 cm³/mol. The van der Waals surface area contributed by atoms with E-state index in [0.29, 0.717) is 0 Å². The van der Waals surface area contributed by atoms with E-state index in [9.17, 15) is 0 Å². The van der Waals surface area contributed by atoms with Gasteiger partial charge in [0.25, 0.3) is 0 Å². The van der Waals surface area contributed by atoms with E-state index in [4.69, 9.17) is 0 Å². The van der Waals surface area contributed by atoms with Crippen LogP contribution in [0.2, 0.25) is 0 Å². The van der Waals surface area contributed by atoms with Crippen molar-refractivity contribution in [2.45, 2.75) is 37.4 Å². The third kappa shape index (κ3) is 3.19. The van der Waals surface area contributed by atoms with Crippen LogP contribution in [-0.2, 0) is 0 Å². The minimum atomic E-state index is 0.739. The number of rotatable bonds is 3. The van der Waals surface area contributed by atoms with Crippen molar-refractivity contribution in [3.05, 3.63) is 12.4 Å². The third-order valence-electron chi connectivity index (χ3n) is 4.35. The lowest BCUT2D eigenvalue weighted by Crippen LogP contribution is -2.30. The summed E-state index contributed by atoms with van der Waals surface area (Å²) in [5.41, 5.74) is 0. The highest BCUT2D eigenvalue weighted by Gasteiger charge is 2.20. The lowest BCUT2D eigenvalue weighted by Gasteiger charge is -2.25. The Kier molecular flexibility index (Phi) is 4.65. The fourth-order valence-corrected chi connectivity index (χ4v) is 3.86. The van der Waals surface area contributed by atoms with Crippen molar-refractivity contribution in [1.82, 2.24) is 9.97 Å². The van der Waals surface area contributed by atoms with Gasteiger partial charge in [-0.15, -0.1) is 0 Å². The average Bonchev–Trinajstić information content (AvgIpc) is 2.92. The Balaban J connectivity index is 1.76. The summed E-state index contributed by atoms with van der Waals surface area (Å²) in [6, 6.07) is 2.19. The molecular formula is C15H24N4S. The Morgan fingerprint density at radius 1 is 1.00 bits per heavy atom. The van der Waals surface area contributed by atoms with Crippen molar-refractivity contribution < 1.29 is 0 Å². The lowest BCUT2D eigenvalue weighted by molar-refractivity contribution is 0.736. The fourth-order valence-electron chi connectivity index (χ4n) is 3.13. The molecular weight excluding hydrogens is 268 g/mol. The molecule has 0 spiro atoms. The first-order valence-corrected chi connectivity index (χ1v) is 9.00. The summed E-state index contributed by atoms with van der Waals surface area (Å²) in [6.07, 6.45) is 10.5. The van der Waals surface area contributed by atoms with Crippen LogP contribution in [0.1, 0.15) is 32.1 Å². The van der Waals surface area contributed by atoms with E-state index in [-0.39, 0.29) is 0 Å². The molecule has 0 saturated carbocycles. The van der Waals surface area contributed by atoms with Crippen LogP contribution in [0, 0.1) is 0 Å². The molecule has 5 heteroatoms. The first-order valence-electron chi connectivity index (χ1n) is 7.71. The van der Waals surface area contributed by atoms with Crippen LogP contribution in [0.3, 0.4) is 0 Å². The lowest BCUT2D eigenvalue weighted by atomic mass is 10.2. The molecule has 3 heterocycles. The van der Waals surface area contributed by atoms with Crippen LogP contribution >= 0.6 is 11.8 Å². The van der Waals surface area contributed by atoms with E-state index >= 15 is 0 Å². The van der Waals surface area contributed by atoms with Crippen LogP contribution in [0.25, 0.3) is 0 Å². The molecule has 1 aromatic heterocycles. The zero-order valence-electron chi connectivity index (χ0n) is 12.3. The Bertz CT molecular complexity index is 434. The molecule has 0 bridgehead atoms. The predicted octanol–water partition coefficient (Wildman–Crippen LogP) is 2.80. The monoisotopic (exact) mass is 292 g/mol. The summed E-state index contributed by atoms with van der Waals surface area (Å²) < 4.78 is 0. The van der Waals surface area contributed by atoms with Crippen LogP contribution in [-0.4, -0.2) is 47.7 Å². The van der Waals surface area contributed by atoms with Gasteiger partial charge in [-0.3, -0.25) is 0 Å². The summed E-state index contributed by atoms with van der Waals surface area (Å²) in [4.78, 5) is 13.8. The summed E-state index contributed by atoms with van der Waals surface area (Å²) in [5, 5.41) is 0.739. The van der Waals surface area contributed by atoms with Gasteiger partial charge in [0.1, 0.15) is 18.0 Å². The average molecular weight is 292 g/mol. The van der Waals surface area contributed by atoms with Crippen LogP contribution < -0.4 is 9.80 Å². The molecule has 110 valence electrons. The molecule has 2 aliphatic rings. The molecule has 2 saturated heterocycles. The van der Waals surface area contributed by atoms with E-state index in [1.165, 1.54) is 32.1 Å². The molecule has 0 amide bonds. The molecule has 0 aliphatic carbocycles. The smallest absolute Gasteiger partial charge is 0.134 e. The maximum atomic E-state index is 4.52. The van der Waals surface area contributed by atoms with Gasteiger partial charge in [-0.05, 0) is 31.9 Å². The van der Waals surface area contributed by atoms with Crippen LogP contribution in [0.5, 0.6) is 0 Å². The molecule has 2 aliphatic heterocycles. The zero-order valence-corrected chi connectivity index (χ0v) is 13.1. The van der Waals surface area contributed by atoms with Gasteiger partial charge in [-0.2, -0.15) is 11.8 Å². The van der Waals surface area contributed by atoms with Gasteiger partial charge in [-0.1, -0.05) is 6.42 Å². The van der Waals surface area contributed by atoms with Crippen LogP contribution in [0.4, 0.5) is 11.6 Å². The molecule has 4 nitrogen and oxygen atoms in total. The second-order valence-corrected chi connectivity index (χ2v) is 6.87. The van der Waals surface area contributed by atoms with Crippen molar-refractivity contribution in [3.8, 4) is 0 Å². The maximum Gasteiger partial charge on any atom is 0.134 e. The van der Waals surface area contributed by atoms with Crippen molar-refractivity contribution in [3.63, 3.8) is 0 Å². The van der Waals surface area contributed by atoms with Gasteiger partial charge in [0.2, 0.25) is 0 Å². The van der Waals surface area contributed by atoms with E-state index in [2.05, 4.69) is 32.1 Å². The number of hydrogen-bond acceptors (Lipinski definition) is 5. The van der Waals surface area contributed by atoms with Gasteiger partial charge >= 0.3 is 0 Å². The Morgan fingerprint density at radius 2 is 1.65 bits per heavy atom. The van der Waals surface area contributed by atoms with Gasteiger partial charge in [0.05, 0.1) is 0 Å². The van der Waals surface area contributed by atoms with E-state index < -0.39 is 0 Å². The standard InChI is InChI=1S/C15H24N4S/c1-20-13-6-2-3-9-19(11-13)15-10-14(16-12-17-15)18-7-4-5-8-18/h10,12-13H,2-9,11H2,1H3/t13-/m0/s1. The molecule has 1 atom stereocenters. The number of nitrogens with zero attached hydrogens (tertiary/aromatic N) is 4. The molecule has 0 aromatic carbocycles. The topological polar surface area (TPSA) is 32.3 Å². The van der Waals surface area contributed by atoms with Crippen molar-refractivity contribution in [2.24, 2.45) is 0 Å². The number of thioether (sulfide) groups is 1. The van der Waals surface area contributed by atoms with Crippen LogP contribution in [0.15, 0.2) is 12.4 Å². The quantitative estimate of drug-likeness (QED) is 0.855. The first-order chi connectivity index (χ1) is 9.86. The second-order valence-electron chi connectivity index (χ2n) is 5.73. The minimum absolute atomic E-state index is 0.739. The van der Waals surface area contributed by atoms with E-state index in [1.807, 2.05) is 11.8 Å². The second kappa shape index (κ2) is 6.66. The summed E-state index contributed by atoms with van der Waals surface area (Å²) in [7, 11) is 0. The van der Waals surface area contributed by atoms with E-state index in [0.717, 1.165) is 43.1 Å². The van der Waals surface area contributed by atoms with Crippen molar-refractivity contribution in [1.29, 1.82) is 0 Å². The number of aromatic nitrogens is 2. The zero-order chi connectivity index (χ0) is 13.8. The molecule has 0 radical (unpaired) electrons. The Labute approximate surface area is 126 Å². The minimum Gasteiger partial charge on any atom is -0.356 e. The third-order valence-corrected chi connectivity index (χ3v) is 5.41. The van der Waals surface area contributed by atoms with Gasteiger partial charge in [-0.25, -0.2) is 9.97 Å². The molecule has 2 fully saturated rings. The molecule has 20 heavy (non-hydrogen) atoms. The summed E-state index contributed by atoms with van der Waals surface area (Å²) in [6.45, 7) is 4.54. The Hall–Kier alpha value is -0.970. The molecule has 3 rings (SSSR count). The molecule has 0 unspecified atom stereocenters. The van der Waals surface area contributed by atoms with Gasteiger partial charge < -0.3 is 9.80 Å². The number of anilines is 2. The SMILES string of the molecule is CS[C@H]1CCCCN(c2cc(N3CCCC3)ncn2)C1. The summed E-state index contributed by atoms with van der Waals surface area (Å²) in [5.74, 6) is 2.22. The highest BCUT2D eigenvalue weighted by Crippen LogP contribution is 2.26. The van der Waals surface area contributed by atoms with Crippen molar-refractivity contribution >= 4 is 23.4 Å². The molecule has 0 N–H and O–H groups in total. The highest BCUT2D eigenvalue weighted by atomic mass is 32.2. The summed E-state index contributed by atoms with van der Waals surface area (Å²) >= 11 is 1.99. The van der Waals surface area contributed by atoms with E-state index in [1.54, 1.807) is 6.33 Å². The first kappa shape index (κ1) is 14.0. The maximum absolute atomic E-state index is 4.52. The Morgan fingerprint density at radius 3 is 2.40 bits per heavy atom. The van der Waals surface area contributed by atoms with Crippen molar-refractivity contribution in [2.75, 3.05) is 42.2 Å². The fraction of sp³-hybridized carbons (Fsp3) is 0.733. The highest BCUT2D eigenvalue weighted by molar-refractivity contribution is 7.99. The van der Waals surface area contributed by atoms with Gasteiger partial charge in [0.15, 0.2) is 0 Å². The normalized spacial score (nSPS) is 23.9. The van der Waals surface area contributed by atoms with Gasteiger partial charge in [0, 0.05) is 37.5 Å². The largest absolute Gasteiger partial charge is 0.356 e. The number of hydrogen-bond donors (Lipinski definition) is 0. The molecule has 1 aromatic rings.